The number of hydrogen-bond acceptors (Lipinski definition) is 2. The molecule has 0 saturated heterocycles. The van der Waals surface area contributed by atoms with E-state index < -0.39 is 43.0 Å². The lowest BCUT2D eigenvalue weighted by molar-refractivity contribution is 1.15. The van der Waals surface area contributed by atoms with E-state index in [1.165, 1.54) is 0 Å². The van der Waals surface area contributed by atoms with Crippen LogP contribution in [0, 0.1) is 0 Å². The van der Waals surface area contributed by atoms with Crippen LogP contribution in [-0.4, -0.2) is 20.4 Å². The third-order valence-electron chi connectivity index (χ3n) is 19.8. The summed E-state index contributed by atoms with van der Waals surface area (Å²) < 4.78 is 81.8. The molecule has 5 nitrogen and oxygen atoms in total. The fourth-order valence-electron chi connectivity index (χ4n) is 15.9. The number of anilines is 6. The molecule has 2 aliphatic heterocycles. The highest BCUT2D eigenvalue weighted by Crippen LogP contribution is 2.54. The van der Waals surface area contributed by atoms with Gasteiger partial charge in [-0.05, 0) is 111 Å². The molecule has 0 spiro atoms. The zero-order chi connectivity index (χ0) is 69.9. The van der Waals surface area contributed by atoms with Crippen molar-refractivity contribution >= 4 is 123 Å². The maximum absolute atomic E-state index is 9.82. The molecule has 5 heterocycles. The van der Waals surface area contributed by atoms with Gasteiger partial charge in [-0.15, -0.1) is 0 Å². The molecule has 0 N–H and O–H groups in total. The number of nitrogens with zero attached hydrogens (tertiary/aromatic N) is 5. The van der Waals surface area contributed by atoms with Crippen molar-refractivity contribution in [2.24, 2.45) is 0 Å². The monoisotopic (exact) mass is 1230 g/mol. The van der Waals surface area contributed by atoms with Crippen LogP contribution in [-0.2, 0) is 0 Å². The first-order valence-corrected chi connectivity index (χ1v) is 32.5. The van der Waals surface area contributed by atoms with Crippen molar-refractivity contribution < 1.29 is 11.0 Å². The highest BCUT2D eigenvalue weighted by Gasteiger charge is 2.46. The van der Waals surface area contributed by atoms with Crippen LogP contribution < -0.4 is 26.2 Å². The molecular weight excluding hydrogens is 1160 g/mol. The Morgan fingerprint density at radius 1 is 0.240 bits per heavy atom. The number of fused-ring (bicyclic) bond motifs is 13. The summed E-state index contributed by atoms with van der Waals surface area (Å²) in [5.74, 6) is 0. The van der Waals surface area contributed by atoms with E-state index in [0.717, 1.165) is 150 Å². The summed E-state index contributed by atoms with van der Waals surface area (Å²) in [6, 6.07) is 104. The zero-order valence-electron chi connectivity index (χ0n) is 59.7. The van der Waals surface area contributed by atoms with Crippen LogP contribution in [0.1, 0.15) is 11.0 Å². The summed E-state index contributed by atoms with van der Waals surface area (Å²) >= 11 is 0. The molecular formula is C90H58BN5. The topological polar surface area (TPSA) is 21.3 Å². The molecule has 96 heavy (non-hydrogen) atoms. The van der Waals surface area contributed by atoms with Crippen molar-refractivity contribution in [3.05, 3.63) is 352 Å². The molecule has 3 aromatic heterocycles. The van der Waals surface area contributed by atoms with Gasteiger partial charge in [0, 0.05) is 88.7 Å². The minimum absolute atomic E-state index is 0.00479. The van der Waals surface area contributed by atoms with Crippen LogP contribution in [0.15, 0.2) is 352 Å². The maximum atomic E-state index is 9.82. The second kappa shape index (κ2) is 21.5. The molecule has 20 rings (SSSR count). The van der Waals surface area contributed by atoms with Gasteiger partial charge in [0.1, 0.15) is 0 Å². The molecule has 0 radical (unpaired) electrons. The van der Waals surface area contributed by atoms with Crippen molar-refractivity contribution in [3.63, 3.8) is 0 Å². The van der Waals surface area contributed by atoms with Crippen LogP contribution in [0.2, 0.25) is 0 Å². The van der Waals surface area contributed by atoms with E-state index in [2.05, 4.69) is 304 Å². The van der Waals surface area contributed by atoms with Gasteiger partial charge in [-0.2, -0.15) is 0 Å². The molecule has 2 aliphatic rings. The van der Waals surface area contributed by atoms with E-state index in [4.69, 9.17) is 2.74 Å². The summed E-state index contributed by atoms with van der Waals surface area (Å²) in [7, 11) is 0. The molecule has 0 aliphatic carbocycles. The maximum Gasteiger partial charge on any atom is 0.252 e. The molecule has 18 aromatic rings. The zero-order valence-corrected chi connectivity index (χ0v) is 51.7. The average Bonchev–Trinajstić information content (AvgIpc) is 0.826. The van der Waals surface area contributed by atoms with Crippen LogP contribution >= 0.6 is 0 Å². The Balaban J connectivity index is 1.00. The molecule has 0 fully saturated rings. The van der Waals surface area contributed by atoms with E-state index in [-0.39, 0.29) is 33.9 Å². The Kier molecular flexibility index (Phi) is 10.4. The van der Waals surface area contributed by atoms with Crippen LogP contribution in [0.25, 0.3) is 127 Å². The van der Waals surface area contributed by atoms with Crippen molar-refractivity contribution in [1.82, 2.24) is 13.7 Å². The molecule has 0 saturated carbocycles. The molecule has 0 amide bonds. The van der Waals surface area contributed by atoms with Crippen molar-refractivity contribution in [2.75, 3.05) is 9.80 Å². The second-order valence-corrected chi connectivity index (χ2v) is 24.9. The standard InChI is InChI=1S/C90H58BN5/c1-5-27-59(28-6-1)66-41-25-42-67(60-29-7-2-8-30-60)89(66)95-84-55-63(92-78-45-19-13-35-70(78)71-36-14-20-46-79(71)92)51-53-76(84)91-77-54-52-64(93-80-47-21-15-37-72(80)73-38-16-22-48-81(73)93)56-85(77)96(90-68(61-31-9-3-10-32-61)43-26-44-69(90)62-33-11-4-12-34-62)87-58-65(57-86(95)88(87)91)94-82-49-23-17-39-74(82)75-40-18-24-50-83(75)94/h1-58H/i13D,14D,19D,20D,35D,36D,45D,46D. The first kappa shape index (κ1) is 46.4. The van der Waals surface area contributed by atoms with Gasteiger partial charge >= 0.3 is 0 Å². The number of para-hydroxylation sites is 8. The predicted octanol–water partition coefficient (Wildman–Crippen LogP) is 21.7. The number of aromatic nitrogens is 3. The predicted molar refractivity (Wildman–Crippen MR) is 405 cm³/mol. The third-order valence-corrected chi connectivity index (χ3v) is 19.8. The van der Waals surface area contributed by atoms with Gasteiger partial charge in [-0.3, -0.25) is 0 Å². The highest BCUT2D eigenvalue weighted by molar-refractivity contribution is 7.00. The highest BCUT2D eigenvalue weighted by atomic mass is 15.2. The largest absolute Gasteiger partial charge is 0.310 e. The lowest BCUT2D eigenvalue weighted by Crippen LogP contribution is -2.61. The van der Waals surface area contributed by atoms with Gasteiger partial charge < -0.3 is 23.5 Å². The molecule has 15 aromatic carbocycles. The lowest BCUT2D eigenvalue weighted by Gasteiger charge is -2.46. The second-order valence-electron chi connectivity index (χ2n) is 24.9. The van der Waals surface area contributed by atoms with E-state index in [9.17, 15) is 8.22 Å². The minimum Gasteiger partial charge on any atom is -0.310 e. The third kappa shape index (κ3) is 8.06. The van der Waals surface area contributed by atoms with Crippen LogP contribution in [0.5, 0.6) is 0 Å². The first-order chi connectivity index (χ1) is 51.0. The summed E-state index contributed by atoms with van der Waals surface area (Å²) in [6.45, 7) is -0.521. The SMILES string of the molecule is [2H]c1c([2H])c([2H])c2c(c1[2H])c1c([2H])c([2H])c([2H])c([2H])c1n2-c1ccc2c(c1)N(c1c(-c3ccccc3)cccc1-c1ccccc1)c1cc(-n3c4ccccc4c4ccccc43)cc3c1B2c1ccc(-n2c4ccccc4c4ccccc42)cc1N3c1c(-c2ccccc2)cccc1-c1ccccc1. The van der Waals surface area contributed by atoms with E-state index in [1.54, 1.807) is 4.57 Å². The van der Waals surface area contributed by atoms with Gasteiger partial charge in [0.15, 0.2) is 0 Å². The summed E-state index contributed by atoms with van der Waals surface area (Å²) in [5, 5.41) is 4.49. The molecule has 6 heteroatoms. The Bertz CT molecular complexity index is 6370. The van der Waals surface area contributed by atoms with Crippen molar-refractivity contribution in [1.29, 1.82) is 0 Å². The Hall–Kier alpha value is -12.6. The smallest absolute Gasteiger partial charge is 0.252 e. The lowest BCUT2D eigenvalue weighted by atomic mass is 9.33. The fraction of sp³-hybridized carbons (Fsp3) is 0. The van der Waals surface area contributed by atoms with Gasteiger partial charge in [0.2, 0.25) is 0 Å². The molecule has 0 unspecified atom stereocenters. The van der Waals surface area contributed by atoms with Crippen LogP contribution in [0.3, 0.4) is 0 Å². The summed E-state index contributed by atoms with van der Waals surface area (Å²) in [4.78, 5) is 4.98. The number of rotatable bonds is 9. The van der Waals surface area contributed by atoms with Crippen molar-refractivity contribution in [3.8, 4) is 61.6 Å². The molecule has 0 atom stereocenters. The Morgan fingerprint density at radius 3 is 0.906 bits per heavy atom. The molecule has 0 bridgehead atoms. The minimum atomic E-state index is -0.521. The van der Waals surface area contributed by atoms with E-state index in [1.807, 2.05) is 18.2 Å². The van der Waals surface area contributed by atoms with Crippen LogP contribution in [0.4, 0.5) is 34.1 Å². The Morgan fingerprint density at radius 2 is 0.542 bits per heavy atom. The number of benzene rings is 15. The van der Waals surface area contributed by atoms with Crippen molar-refractivity contribution in [2.45, 2.75) is 0 Å². The van der Waals surface area contributed by atoms with E-state index >= 15 is 0 Å². The van der Waals surface area contributed by atoms with E-state index in [0.29, 0.717) is 5.69 Å². The van der Waals surface area contributed by atoms with Gasteiger partial charge in [-0.1, -0.05) is 279 Å². The normalized spacial score (nSPS) is 13.7. The molecule has 446 valence electrons. The number of hydrogen-bond donors (Lipinski definition) is 0. The van der Waals surface area contributed by atoms with Gasteiger partial charge in [-0.25, -0.2) is 0 Å². The quantitative estimate of drug-likeness (QED) is 0.134. The summed E-state index contributed by atoms with van der Waals surface area (Å²) in [6.07, 6.45) is 0. The average molecular weight is 1230 g/mol. The first-order valence-electron chi connectivity index (χ1n) is 36.5. The van der Waals surface area contributed by atoms with Gasteiger partial charge in [0.25, 0.3) is 6.71 Å². The van der Waals surface area contributed by atoms with Gasteiger partial charge in [0.05, 0.1) is 61.1 Å². The fourth-order valence-corrected chi connectivity index (χ4v) is 15.9. The summed E-state index contributed by atoms with van der Waals surface area (Å²) in [5.41, 5.74) is 22.7. The Labute approximate surface area is 567 Å².